The number of aryl methyl sites for hydroxylation is 2. The Bertz CT molecular complexity index is 843. The predicted octanol–water partition coefficient (Wildman–Crippen LogP) is 2.62. The van der Waals surface area contributed by atoms with Crippen LogP contribution in [0, 0.1) is 12.7 Å². The van der Waals surface area contributed by atoms with Crippen LogP contribution in [0.2, 0.25) is 0 Å². The van der Waals surface area contributed by atoms with E-state index in [-0.39, 0.29) is 11.4 Å². The standard InChI is InChI=1S/C16H16FN3O/c1-3-14-13(9-11-6-10(2)7-12(17)8-11)16(21)20-15(19-14)4-5-18-20/h4-8,18H,3,9H2,1-2H3. The third-order valence-corrected chi connectivity index (χ3v) is 3.54. The van der Waals surface area contributed by atoms with Crippen molar-refractivity contribution in [3.05, 3.63) is 69.0 Å². The van der Waals surface area contributed by atoms with Crippen LogP contribution >= 0.6 is 0 Å². The third kappa shape index (κ3) is 2.46. The molecule has 2 aromatic heterocycles. The molecule has 0 bridgehead atoms. The van der Waals surface area contributed by atoms with Gasteiger partial charge in [-0.2, -0.15) is 0 Å². The van der Waals surface area contributed by atoms with Crippen LogP contribution in [0.25, 0.3) is 5.65 Å². The summed E-state index contributed by atoms with van der Waals surface area (Å²) in [5.74, 6) is -0.280. The van der Waals surface area contributed by atoms with Crippen molar-refractivity contribution < 1.29 is 4.39 Å². The van der Waals surface area contributed by atoms with Gasteiger partial charge in [0, 0.05) is 24.2 Å². The van der Waals surface area contributed by atoms with Gasteiger partial charge in [-0.15, -0.1) is 0 Å². The van der Waals surface area contributed by atoms with E-state index >= 15 is 0 Å². The van der Waals surface area contributed by atoms with Crippen LogP contribution in [0.4, 0.5) is 4.39 Å². The molecule has 0 spiro atoms. The minimum atomic E-state index is -0.280. The number of halogens is 1. The van der Waals surface area contributed by atoms with Crippen molar-refractivity contribution >= 4 is 5.65 Å². The number of hydrogen-bond acceptors (Lipinski definition) is 2. The first-order valence-corrected chi connectivity index (χ1v) is 6.92. The maximum atomic E-state index is 13.5. The van der Waals surface area contributed by atoms with Gasteiger partial charge in [0.25, 0.3) is 5.56 Å². The largest absolute Gasteiger partial charge is 0.297 e. The van der Waals surface area contributed by atoms with E-state index in [9.17, 15) is 9.18 Å². The Hall–Kier alpha value is -2.43. The summed E-state index contributed by atoms with van der Waals surface area (Å²) < 4.78 is 14.9. The van der Waals surface area contributed by atoms with E-state index in [2.05, 4.69) is 10.1 Å². The minimum absolute atomic E-state index is 0.122. The Morgan fingerprint density at radius 1 is 1.33 bits per heavy atom. The van der Waals surface area contributed by atoms with E-state index in [4.69, 9.17) is 0 Å². The monoisotopic (exact) mass is 285 g/mol. The molecule has 1 N–H and O–H groups in total. The van der Waals surface area contributed by atoms with Crippen LogP contribution in [0.3, 0.4) is 0 Å². The summed E-state index contributed by atoms with van der Waals surface area (Å²) in [5.41, 5.74) is 3.49. The summed E-state index contributed by atoms with van der Waals surface area (Å²) >= 11 is 0. The summed E-state index contributed by atoms with van der Waals surface area (Å²) in [4.78, 5) is 17.0. The Morgan fingerprint density at radius 3 is 2.86 bits per heavy atom. The van der Waals surface area contributed by atoms with Gasteiger partial charge in [-0.05, 0) is 36.6 Å². The van der Waals surface area contributed by atoms with Crippen molar-refractivity contribution in [3.8, 4) is 0 Å². The molecule has 0 unspecified atom stereocenters. The first-order valence-electron chi connectivity index (χ1n) is 6.92. The number of nitrogens with one attached hydrogen (secondary N) is 1. The van der Waals surface area contributed by atoms with Crippen molar-refractivity contribution in [2.75, 3.05) is 0 Å². The predicted molar refractivity (Wildman–Crippen MR) is 79.1 cm³/mol. The first-order chi connectivity index (χ1) is 10.1. The second kappa shape index (κ2) is 5.16. The number of benzene rings is 1. The van der Waals surface area contributed by atoms with Gasteiger partial charge in [0.1, 0.15) is 5.82 Å². The van der Waals surface area contributed by atoms with Crippen LogP contribution in [-0.4, -0.2) is 14.6 Å². The number of H-pyrrole nitrogens is 1. The molecule has 0 amide bonds. The maximum absolute atomic E-state index is 13.5. The molecule has 21 heavy (non-hydrogen) atoms. The molecule has 3 rings (SSSR count). The average molecular weight is 285 g/mol. The summed E-state index contributed by atoms with van der Waals surface area (Å²) in [5, 5.41) is 2.86. The van der Waals surface area contributed by atoms with Gasteiger partial charge in [-0.25, -0.2) is 13.9 Å². The lowest BCUT2D eigenvalue weighted by atomic mass is 10.0. The van der Waals surface area contributed by atoms with E-state index in [1.54, 1.807) is 12.3 Å². The zero-order chi connectivity index (χ0) is 15.0. The van der Waals surface area contributed by atoms with Gasteiger partial charge in [-0.3, -0.25) is 9.89 Å². The number of nitrogens with zero attached hydrogens (tertiary/aromatic N) is 2. The van der Waals surface area contributed by atoms with Gasteiger partial charge in [0.05, 0.1) is 5.69 Å². The molecule has 0 radical (unpaired) electrons. The van der Waals surface area contributed by atoms with Crippen molar-refractivity contribution in [2.45, 2.75) is 26.7 Å². The second-order valence-electron chi connectivity index (χ2n) is 5.17. The summed E-state index contributed by atoms with van der Waals surface area (Å²) in [7, 11) is 0. The lowest BCUT2D eigenvalue weighted by Gasteiger charge is -2.08. The van der Waals surface area contributed by atoms with Crippen LogP contribution in [0.1, 0.15) is 29.3 Å². The zero-order valence-corrected chi connectivity index (χ0v) is 12.0. The lowest BCUT2D eigenvalue weighted by molar-refractivity contribution is 0.624. The van der Waals surface area contributed by atoms with Crippen molar-refractivity contribution in [3.63, 3.8) is 0 Å². The molecule has 108 valence electrons. The molecule has 5 heteroatoms. The van der Waals surface area contributed by atoms with Gasteiger partial charge < -0.3 is 0 Å². The highest BCUT2D eigenvalue weighted by Gasteiger charge is 2.13. The van der Waals surface area contributed by atoms with Crippen LogP contribution < -0.4 is 5.56 Å². The molecule has 0 atom stereocenters. The zero-order valence-electron chi connectivity index (χ0n) is 12.0. The third-order valence-electron chi connectivity index (χ3n) is 3.54. The second-order valence-corrected chi connectivity index (χ2v) is 5.17. The van der Waals surface area contributed by atoms with Crippen molar-refractivity contribution in [2.24, 2.45) is 0 Å². The van der Waals surface area contributed by atoms with Crippen LogP contribution in [0.15, 0.2) is 35.3 Å². The average Bonchev–Trinajstić information content (AvgIpc) is 2.89. The number of aromatic amines is 1. The van der Waals surface area contributed by atoms with E-state index in [1.165, 1.54) is 16.6 Å². The van der Waals surface area contributed by atoms with Gasteiger partial charge in [-0.1, -0.05) is 13.0 Å². The molecule has 2 heterocycles. The van der Waals surface area contributed by atoms with E-state index in [1.807, 2.05) is 19.9 Å². The smallest absolute Gasteiger partial charge is 0.276 e. The highest BCUT2D eigenvalue weighted by atomic mass is 19.1. The number of aromatic nitrogens is 3. The Kier molecular flexibility index (Phi) is 3.33. The molecule has 0 fully saturated rings. The Labute approximate surface area is 121 Å². The molecule has 0 aliphatic heterocycles. The van der Waals surface area contributed by atoms with E-state index < -0.39 is 0 Å². The molecular formula is C16H16FN3O. The molecule has 3 aromatic rings. The fourth-order valence-corrected chi connectivity index (χ4v) is 2.63. The Balaban J connectivity index is 2.14. The van der Waals surface area contributed by atoms with Crippen molar-refractivity contribution in [1.29, 1.82) is 0 Å². The SMILES string of the molecule is CCc1nc2cc[nH]n2c(=O)c1Cc1cc(C)cc(F)c1. The number of fused-ring (bicyclic) bond motifs is 1. The normalized spacial score (nSPS) is 11.2. The van der Waals surface area contributed by atoms with Gasteiger partial charge in [0.15, 0.2) is 5.65 Å². The molecule has 0 aliphatic carbocycles. The number of hydrogen-bond donors (Lipinski definition) is 1. The number of rotatable bonds is 3. The quantitative estimate of drug-likeness (QED) is 0.804. The van der Waals surface area contributed by atoms with Crippen LogP contribution in [-0.2, 0) is 12.8 Å². The molecular weight excluding hydrogens is 269 g/mol. The molecule has 4 nitrogen and oxygen atoms in total. The lowest BCUT2D eigenvalue weighted by Crippen LogP contribution is -2.23. The summed E-state index contributed by atoms with van der Waals surface area (Å²) in [6.45, 7) is 3.80. The Morgan fingerprint density at radius 2 is 2.14 bits per heavy atom. The highest BCUT2D eigenvalue weighted by molar-refractivity contribution is 5.40. The molecule has 0 saturated carbocycles. The molecule has 1 aromatic carbocycles. The van der Waals surface area contributed by atoms with Crippen LogP contribution in [0.5, 0.6) is 0 Å². The fourth-order valence-electron chi connectivity index (χ4n) is 2.63. The minimum Gasteiger partial charge on any atom is -0.297 e. The van der Waals surface area contributed by atoms with E-state index in [0.717, 1.165) is 16.8 Å². The van der Waals surface area contributed by atoms with Gasteiger partial charge >= 0.3 is 0 Å². The summed E-state index contributed by atoms with van der Waals surface area (Å²) in [6.07, 6.45) is 2.73. The summed E-state index contributed by atoms with van der Waals surface area (Å²) in [6, 6.07) is 6.60. The molecule has 0 saturated heterocycles. The van der Waals surface area contributed by atoms with Crippen molar-refractivity contribution in [1.82, 2.24) is 14.6 Å². The molecule has 0 aliphatic rings. The fraction of sp³-hybridized carbons (Fsp3) is 0.250. The topological polar surface area (TPSA) is 50.2 Å². The highest BCUT2D eigenvalue weighted by Crippen LogP contribution is 2.14. The maximum Gasteiger partial charge on any atom is 0.276 e. The van der Waals surface area contributed by atoms with E-state index in [0.29, 0.717) is 24.1 Å². The van der Waals surface area contributed by atoms with Gasteiger partial charge in [0.2, 0.25) is 0 Å². The first kappa shape index (κ1) is 13.5.